The number of allylic oxidation sites excluding steroid dienone is 1. The van der Waals surface area contributed by atoms with Crippen LogP contribution in [0.25, 0.3) is 0 Å². The van der Waals surface area contributed by atoms with E-state index in [2.05, 4.69) is 17.6 Å². The summed E-state index contributed by atoms with van der Waals surface area (Å²) < 4.78 is 0. The van der Waals surface area contributed by atoms with E-state index in [0.717, 1.165) is 6.54 Å². The second-order valence-corrected chi connectivity index (χ2v) is 3.16. The van der Waals surface area contributed by atoms with Crippen molar-refractivity contribution in [1.29, 1.82) is 0 Å². The van der Waals surface area contributed by atoms with Crippen molar-refractivity contribution in [1.82, 2.24) is 5.48 Å². The number of rotatable bonds is 5. The fraction of sp³-hybridized carbons (Fsp3) is 0.333. The van der Waals surface area contributed by atoms with Gasteiger partial charge in [0.25, 0.3) is 0 Å². The van der Waals surface area contributed by atoms with Crippen molar-refractivity contribution >= 4 is 0 Å². The molecular formula is C12H17NO. The summed E-state index contributed by atoms with van der Waals surface area (Å²) in [6, 6.07) is 10.2. The van der Waals surface area contributed by atoms with Gasteiger partial charge < -0.3 is 0 Å². The van der Waals surface area contributed by atoms with Crippen LogP contribution in [0.3, 0.4) is 0 Å². The third kappa shape index (κ3) is 4.21. The lowest BCUT2D eigenvalue weighted by Crippen LogP contribution is -2.19. The van der Waals surface area contributed by atoms with Crippen LogP contribution in [0, 0.1) is 0 Å². The standard InChI is InChI=1S/C12H17NO/c1-3-7-11(2)14-13-10-12-8-5-4-6-9-12/h3-9,11,13H,10H2,1-2H3/b7-3-. The first-order chi connectivity index (χ1) is 6.83. The van der Waals surface area contributed by atoms with Crippen molar-refractivity contribution < 1.29 is 4.84 Å². The van der Waals surface area contributed by atoms with Crippen LogP contribution in [0.2, 0.25) is 0 Å². The summed E-state index contributed by atoms with van der Waals surface area (Å²) in [5, 5.41) is 0. The summed E-state index contributed by atoms with van der Waals surface area (Å²) in [6.07, 6.45) is 4.09. The zero-order chi connectivity index (χ0) is 10.2. The van der Waals surface area contributed by atoms with Gasteiger partial charge in [-0.1, -0.05) is 42.5 Å². The van der Waals surface area contributed by atoms with Gasteiger partial charge in [0.05, 0.1) is 6.10 Å². The smallest absolute Gasteiger partial charge is 0.0943 e. The van der Waals surface area contributed by atoms with Crippen LogP contribution in [-0.4, -0.2) is 6.10 Å². The SMILES string of the molecule is C/C=C\C(C)ONCc1ccccc1. The summed E-state index contributed by atoms with van der Waals surface area (Å²) in [5.74, 6) is 0. The minimum atomic E-state index is 0.115. The van der Waals surface area contributed by atoms with E-state index in [1.165, 1.54) is 5.56 Å². The van der Waals surface area contributed by atoms with Gasteiger partial charge in [-0.05, 0) is 19.4 Å². The van der Waals surface area contributed by atoms with Crippen LogP contribution in [0.5, 0.6) is 0 Å². The van der Waals surface area contributed by atoms with Gasteiger partial charge in [0.1, 0.15) is 0 Å². The second-order valence-electron chi connectivity index (χ2n) is 3.16. The molecule has 1 aromatic rings. The fourth-order valence-electron chi connectivity index (χ4n) is 1.16. The van der Waals surface area contributed by atoms with Crippen LogP contribution in [0.1, 0.15) is 19.4 Å². The summed E-state index contributed by atoms with van der Waals surface area (Å²) in [6.45, 7) is 4.72. The quantitative estimate of drug-likeness (QED) is 0.570. The average molecular weight is 191 g/mol. The first-order valence-electron chi connectivity index (χ1n) is 4.88. The highest BCUT2D eigenvalue weighted by molar-refractivity contribution is 5.13. The molecule has 0 aromatic heterocycles. The number of hydroxylamine groups is 1. The van der Waals surface area contributed by atoms with E-state index in [-0.39, 0.29) is 6.10 Å². The molecule has 2 nitrogen and oxygen atoms in total. The Kier molecular flexibility index (Phi) is 4.97. The molecular weight excluding hydrogens is 174 g/mol. The van der Waals surface area contributed by atoms with Gasteiger partial charge in [-0.3, -0.25) is 4.84 Å². The van der Waals surface area contributed by atoms with Gasteiger partial charge in [-0.15, -0.1) is 0 Å². The first kappa shape index (κ1) is 11.0. The van der Waals surface area contributed by atoms with E-state index in [9.17, 15) is 0 Å². The Morgan fingerprint density at radius 2 is 2.07 bits per heavy atom. The Bertz CT molecular complexity index is 269. The van der Waals surface area contributed by atoms with Crippen LogP contribution >= 0.6 is 0 Å². The van der Waals surface area contributed by atoms with E-state index in [1.807, 2.05) is 44.2 Å². The largest absolute Gasteiger partial charge is 0.294 e. The molecule has 0 amide bonds. The van der Waals surface area contributed by atoms with Gasteiger partial charge in [0.2, 0.25) is 0 Å². The summed E-state index contributed by atoms with van der Waals surface area (Å²) in [7, 11) is 0. The van der Waals surface area contributed by atoms with Gasteiger partial charge in [0.15, 0.2) is 0 Å². The minimum absolute atomic E-state index is 0.115. The number of hydrogen-bond donors (Lipinski definition) is 1. The molecule has 1 N–H and O–H groups in total. The van der Waals surface area contributed by atoms with E-state index >= 15 is 0 Å². The lowest BCUT2D eigenvalue weighted by Gasteiger charge is -2.09. The molecule has 1 atom stereocenters. The number of hydrogen-bond acceptors (Lipinski definition) is 2. The molecule has 1 unspecified atom stereocenters. The van der Waals surface area contributed by atoms with Crippen LogP contribution in [0.15, 0.2) is 42.5 Å². The topological polar surface area (TPSA) is 21.3 Å². The molecule has 0 aliphatic heterocycles. The summed E-state index contributed by atoms with van der Waals surface area (Å²) in [5.41, 5.74) is 4.16. The monoisotopic (exact) mass is 191 g/mol. The van der Waals surface area contributed by atoms with Crippen molar-refractivity contribution in [3.63, 3.8) is 0 Å². The molecule has 0 spiro atoms. The molecule has 1 aromatic carbocycles. The molecule has 0 saturated heterocycles. The van der Waals surface area contributed by atoms with Gasteiger partial charge in [-0.2, -0.15) is 5.48 Å². The van der Waals surface area contributed by atoms with Crippen molar-refractivity contribution in [2.75, 3.05) is 0 Å². The zero-order valence-electron chi connectivity index (χ0n) is 8.73. The van der Waals surface area contributed by atoms with Gasteiger partial charge in [-0.25, -0.2) is 0 Å². The Balaban J connectivity index is 2.22. The number of benzene rings is 1. The lowest BCUT2D eigenvalue weighted by atomic mass is 10.2. The predicted octanol–water partition coefficient (Wildman–Crippen LogP) is 2.67. The molecule has 76 valence electrons. The Morgan fingerprint density at radius 1 is 1.36 bits per heavy atom. The molecule has 0 aliphatic carbocycles. The fourth-order valence-corrected chi connectivity index (χ4v) is 1.16. The zero-order valence-corrected chi connectivity index (χ0v) is 8.73. The van der Waals surface area contributed by atoms with Crippen molar-refractivity contribution in [3.05, 3.63) is 48.0 Å². The van der Waals surface area contributed by atoms with Crippen LogP contribution in [-0.2, 0) is 11.4 Å². The first-order valence-corrected chi connectivity index (χ1v) is 4.88. The summed E-state index contributed by atoms with van der Waals surface area (Å²) >= 11 is 0. The van der Waals surface area contributed by atoms with Crippen molar-refractivity contribution in [3.8, 4) is 0 Å². The van der Waals surface area contributed by atoms with Crippen molar-refractivity contribution in [2.45, 2.75) is 26.5 Å². The van der Waals surface area contributed by atoms with E-state index in [0.29, 0.717) is 0 Å². The van der Waals surface area contributed by atoms with E-state index in [4.69, 9.17) is 4.84 Å². The molecule has 1 rings (SSSR count). The minimum Gasteiger partial charge on any atom is -0.294 e. The highest BCUT2D eigenvalue weighted by atomic mass is 16.7. The van der Waals surface area contributed by atoms with Gasteiger partial charge >= 0.3 is 0 Å². The van der Waals surface area contributed by atoms with Gasteiger partial charge in [0, 0.05) is 6.54 Å². The molecule has 0 bridgehead atoms. The summed E-state index contributed by atoms with van der Waals surface area (Å²) in [4.78, 5) is 5.35. The maximum absolute atomic E-state index is 5.35. The molecule has 0 saturated carbocycles. The Labute approximate surface area is 85.5 Å². The Hall–Kier alpha value is -1.12. The molecule has 0 fully saturated rings. The van der Waals surface area contributed by atoms with E-state index < -0.39 is 0 Å². The third-order valence-electron chi connectivity index (χ3n) is 1.85. The maximum Gasteiger partial charge on any atom is 0.0943 e. The maximum atomic E-state index is 5.35. The number of nitrogens with one attached hydrogen (secondary N) is 1. The highest BCUT2D eigenvalue weighted by Gasteiger charge is 1.95. The van der Waals surface area contributed by atoms with Crippen LogP contribution in [0.4, 0.5) is 0 Å². The normalized spacial score (nSPS) is 13.3. The highest BCUT2D eigenvalue weighted by Crippen LogP contribution is 1.98. The predicted molar refractivity (Wildman–Crippen MR) is 58.6 cm³/mol. The average Bonchev–Trinajstić information content (AvgIpc) is 2.20. The molecule has 0 heterocycles. The van der Waals surface area contributed by atoms with Crippen molar-refractivity contribution in [2.24, 2.45) is 0 Å². The molecule has 0 aliphatic rings. The van der Waals surface area contributed by atoms with E-state index in [1.54, 1.807) is 0 Å². The van der Waals surface area contributed by atoms with Crippen LogP contribution < -0.4 is 5.48 Å². The molecule has 2 heteroatoms. The Morgan fingerprint density at radius 3 is 2.71 bits per heavy atom. The third-order valence-corrected chi connectivity index (χ3v) is 1.85. The lowest BCUT2D eigenvalue weighted by molar-refractivity contribution is 0.00579. The molecule has 0 radical (unpaired) electrons. The molecule has 14 heavy (non-hydrogen) atoms. The second kappa shape index (κ2) is 6.35.